The van der Waals surface area contributed by atoms with Crippen LogP contribution < -0.4 is 4.74 Å². The van der Waals surface area contributed by atoms with Crippen LogP contribution in [0.5, 0.6) is 11.5 Å². The van der Waals surface area contributed by atoms with Crippen LogP contribution in [0.2, 0.25) is 0 Å². The zero-order valence-corrected chi connectivity index (χ0v) is 17.9. The molecule has 0 atom stereocenters. The first-order valence-corrected chi connectivity index (χ1v) is 10.2. The maximum Gasteiger partial charge on any atom is 0.311 e. The van der Waals surface area contributed by atoms with Gasteiger partial charge in [0.2, 0.25) is 0 Å². The molecule has 0 aliphatic heterocycles. The Morgan fingerprint density at radius 3 is 2.19 bits per heavy atom. The van der Waals surface area contributed by atoms with E-state index in [1.54, 1.807) is 24.3 Å². The van der Waals surface area contributed by atoms with Crippen molar-refractivity contribution in [3.05, 3.63) is 60.2 Å². The van der Waals surface area contributed by atoms with Gasteiger partial charge in [0.25, 0.3) is 0 Å². The van der Waals surface area contributed by atoms with Crippen molar-refractivity contribution in [2.45, 2.75) is 33.6 Å². The topological polar surface area (TPSA) is 55.8 Å². The average molecular weight is 437 g/mol. The highest BCUT2D eigenvalue weighted by atomic mass is 79.9. The second-order valence-corrected chi connectivity index (χ2v) is 7.44. The Morgan fingerprint density at radius 2 is 1.70 bits per heavy atom. The predicted octanol–water partition coefficient (Wildman–Crippen LogP) is 5.37. The number of ether oxygens (including phenoxy) is 2. The number of halogens is 1. The van der Waals surface area contributed by atoms with Crippen LogP contribution in [0.1, 0.15) is 32.8 Å². The van der Waals surface area contributed by atoms with Gasteiger partial charge >= 0.3 is 5.97 Å². The molecule has 27 heavy (non-hydrogen) atoms. The minimum Gasteiger partial charge on any atom is -0.508 e. The lowest BCUT2D eigenvalue weighted by atomic mass is 9.86. The first kappa shape index (κ1) is 23.0. The van der Waals surface area contributed by atoms with E-state index in [4.69, 9.17) is 14.6 Å². The number of phenols is 1. The molecule has 0 aliphatic rings. The molecular weight excluding hydrogens is 408 g/mol. The first-order chi connectivity index (χ1) is 12.9. The molecule has 0 spiro atoms. The number of benzene rings is 2. The van der Waals surface area contributed by atoms with Crippen LogP contribution in [0.25, 0.3) is 0 Å². The second-order valence-electron chi connectivity index (χ2n) is 6.65. The third-order valence-electron chi connectivity index (χ3n) is 3.70. The number of carbonyl (C=O) groups is 1. The number of carbonyl (C=O) groups excluding carboxylic acids is 1. The summed E-state index contributed by atoms with van der Waals surface area (Å²) >= 11 is 3.37. The van der Waals surface area contributed by atoms with Gasteiger partial charge in [-0.25, -0.2) is 0 Å². The summed E-state index contributed by atoms with van der Waals surface area (Å²) in [5.41, 5.74) is 0.602. The van der Waals surface area contributed by atoms with E-state index in [-0.39, 0.29) is 5.97 Å². The highest BCUT2D eigenvalue weighted by molar-refractivity contribution is 9.09. The number of hydrogen-bond donors (Lipinski definition) is 1. The molecule has 1 N–H and O–H groups in total. The highest BCUT2D eigenvalue weighted by Crippen LogP contribution is 2.25. The number of alkyl halides is 1. The lowest BCUT2D eigenvalue weighted by molar-refractivity contribution is -0.153. The predicted molar refractivity (Wildman–Crippen MR) is 113 cm³/mol. The standard InChI is InChI=1S/C16H23BrO3.C6H6O/c1-4-19-15(18)16(2,3)12-13-6-8-14(9-7-13)20-11-5-10-17;7-6-4-2-1-3-5-6/h6-9H,4-5,10-12H2,1-3H3;1-5,7H. The molecule has 5 heteroatoms. The maximum atomic E-state index is 11.9. The zero-order chi connectivity index (χ0) is 20.1. The smallest absolute Gasteiger partial charge is 0.311 e. The van der Waals surface area contributed by atoms with Crippen LogP contribution >= 0.6 is 15.9 Å². The fraction of sp³-hybridized carbons (Fsp3) is 0.409. The van der Waals surface area contributed by atoms with Crippen LogP contribution in [0, 0.1) is 5.41 Å². The van der Waals surface area contributed by atoms with E-state index in [1.165, 1.54) is 0 Å². The van der Waals surface area contributed by atoms with Crippen LogP contribution in [0.15, 0.2) is 54.6 Å². The molecule has 0 amide bonds. The number of aromatic hydroxyl groups is 1. The minimum absolute atomic E-state index is 0.155. The monoisotopic (exact) mass is 436 g/mol. The molecule has 2 aromatic rings. The number of esters is 1. The van der Waals surface area contributed by atoms with Crippen molar-refractivity contribution in [2.75, 3.05) is 18.5 Å². The molecule has 0 heterocycles. The Balaban J connectivity index is 0.000000433. The molecule has 2 aromatic carbocycles. The van der Waals surface area contributed by atoms with Crippen molar-refractivity contribution in [2.24, 2.45) is 5.41 Å². The molecular formula is C22H29BrO4. The van der Waals surface area contributed by atoms with Crippen molar-refractivity contribution in [3.8, 4) is 11.5 Å². The molecule has 0 bridgehead atoms. The Labute approximate surface area is 170 Å². The van der Waals surface area contributed by atoms with Crippen molar-refractivity contribution >= 4 is 21.9 Å². The van der Waals surface area contributed by atoms with E-state index < -0.39 is 5.41 Å². The highest BCUT2D eigenvalue weighted by Gasteiger charge is 2.29. The van der Waals surface area contributed by atoms with Crippen LogP contribution in [-0.2, 0) is 16.0 Å². The lowest BCUT2D eigenvalue weighted by Gasteiger charge is -2.22. The fourth-order valence-electron chi connectivity index (χ4n) is 2.29. The molecule has 2 rings (SSSR count). The average Bonchev–Trinajstić information content (AvgIpc) is 2.64. The number of para-hydroxylation sites is 1. The maximum absolute atomic E-state index is 11.9. The van der Waals surface area contributed by atoms with E-state index >= 15 is 0 Å². The zero-order valence-electron chi connectivity index (χ0n) is 16.3. The first-order valence-electron chi connectivity index (χ1n) is 9.08. The summed E-state index contributed by atoms with van der Waals surface area (Å²) in [6.07, 6.45) is 1.64. The third-order valence-corrected chi connectivity index (χ3v) is 4.26. The SMILES string of the molecule is CCOC(=O)C(C)(C)Cc1ccc(OCCCBr)cc1.Oc1ccccc1. The van der Waals surface area contributed by atoms with Gasteiger partial charge in [-0.05, 0) is 63.4 Å². The number of phenolic OH excluding ortho intramolecular Hbond substituents is 1. The Bertz CT molecular complexity index is 654. The molecule has 0 aliphatic carbocycles. The van der Waals surface area contributed by atoms with Gasteiger partial charge in [-0.2, -0.15) is 0 Å². The molecule has 0 fully saturated rings. The third kappa shape index (κ3) is 9.48. The van der Waals surface area contributed by atoms with Gasteiger partial charge in [0.1, 0.15) is 11.5 Å². The van der Waals surface area contributed by atoms with E-state index in [2.05, 4.69) is 15.9 Å². The lowest BCUT2D eigenvalue weighted by Crippen LogP contribution is -2.28. The summed E-state index contributed by atoms with van der Waals surface area (Å²) in [5.74, 6) is 1.03. The van der Waals surface area contributed by atoms with Gasteiger partial charge in [-0.1, -0.05) is 46.3 Å². The van der Waals surface area contributed by atoms with Gasteiger partial charge in [0, 0.05) is 5.33 Å². The van der Waals surface area contributed by atoms with E-state index in [1.807, 2.05) is 51.1 Å². The summed E-state index contributed by atoms with van der Waals surface area (Å²) in [6.45, 7) is 6.77. The Morgan fingerprint density at radius 1 is 1.07 bits per heavy atom. The summed E-state index contributed by atoms with van der Waals surface area (Å²) in [4.78, 5) is 11.9. The van der Waals surface area contributed by atoms with Gasteiger partial charge in [0.15, 0.2) is 0 Å². The quantitative estimate of drug-likeness (QED) is 0.343. The van der Waals surface area contributed by atoms with Gasteiger partial charge in [-0.3, -0.25) is 4.79 Å². The van der Waals surface area contributed by atoms with Crippen molar-refractivity contribution in [1.82, 2.24) is 0 Å². The van der Waals surface area contributed by atoms with Crippen molar-refractivity contribution < 1.29 is 19.4 Å². The van der Waals surface area contributed by atoms with Crippen LogP contribution in [-0.4, -0.2) is 29.6 Å². The Kier molecular flexibility index (Phi) is 10.6. The molecule has 0 aromatic heterocycles. The van der Waals surface area contributed by atoms with E-state index in [9.17, 15) is 4.79 Å². The summed E-state index contributed by atoms with van der Waals surface area (Å²) in [7, 11) is 0. The second kappa shape index (κ2) is 12.4. The van der Waals surface area contributed by atoms with Crippen LogP contribution in [0.4, 0.5) is 0 Å². The molecule has 0 radical (unpaired) electrons. The van der Waals surface area contributed by atoms with Crippen molar-refractivity contribution in [1.29, 1.82) is 0 Å². The Hall–Kier alpha value is -2.01. The van der Waals surface area contributed by atoms with Crippen LogP contribution in [0.3, 0.4) is 0 Å². The molecule has 0 unspecified atom stereocenters. The van der Waals surface area contributed by atoms with Crippen molar-refractivity contribution in [3.63, 3.8) is 0 Å². The number of rotatable bonds is 8. The summed E-state index contributed by atoms with van der Waals surface area (Å²) in [5, 5.41) is 9.58. The van der Waals surface area contributed by atoms with Gasteiger partial charge < -0.3 is 14.6 Å². The fourth-order valence-corrected chi connectivity index (χ4v) is 2.51. The van der Waals surface area contributed by atoms with E-state index in [0.717, 1.165) is 23.1 Å². The van der Waals surface area contributed by atoms with Gasteiger partial charge in [-0.15, -0.1) is 0 Å². The van der Waals surface area contributed by atoms with Gasteiger partial charge in [0.05, 0.1) is 18.6 Å². The molecule has 0 saturated carbocycles. The normalized spacial score (nSPS) is 10.5. The number of hydrogen-bond acceptors (Lipinski definition) is 4. The minimum atomic E-state index is -0.506. The summed E-state index contributed by atoms with van der Waals surface area (Å²) < 4.78 is 10.7. The molecule has 4 nitrogen and oxygen atoms in total. The summed E-state index contributed by atoms with van der Waals surface area (Å²) in [6, 6.07) is 16.6. The largest absolute Gasteiger partial charge is 0.508 e. The molecule has 0 saturated heterocycles. The van der Waals surface area contributed by atoms with E-state index in [0.29, 0.717) is 25.4 Å². The molecule has 148 valence electrons.